The van der Waals surface area contributed by atoms with E-state index in [2.05, 4.69) is 63.8 Å². The third-order valence-electron chi connectivity index (χ3n) is 0.976. The molecule has 0 fully saturated rings. The Morgan fingerprint density at radius 3 is 2.33 bits per heavy atom. The largest absolute Gasteiger partial charge is 0.330 e. The summed E-state index contributed by atoms with van der Waals surface area (Å²) in [5, 5.41) is 0. The first kappa shape index (κ1) is 8.32. The van der Waals surface area contributed by atoms with Crippen LogP contribution in [-0.4, -0.2) is 2.43 Å². The van der Waals surface area contributed by atoms with Crippen LogP contribution in [0.5, 0.6) is 0 Å². The Hall–Kier alpha value is 1.22. The first-order chi connectivity index (χ1) is 4.20. The van der Waals surface area contributed by atoms with Crippen molar-refractivity contribution in [2.45, 2.75) is 6.92 Å². The summed E-state index contributed by atoms with van der Waals surface area (Å²) < 4.78 is 2.10. The average Bonchev–Trinajstić information content (AvgIpc) is 2.14. The molecule has 0 amide bonds. The molecule has 0 nitrogen and oxygen atoms in total. The van der Waals surface area contributed by atoms with Crippen molar-refractivity contribution >= 4 is 63.3 Å². The van der Waals surface area contributed by atoms with Crippen LogP contribution in [0, 0.1) is 6.92 Å². The van der Waals surface area contributed by atoms with Gasteiger partial charge in [-0.2, -0.15) is 11.3 Å². The minimum absolute atomic E-state index is 0.638. The van der Waals surface area contributed by atoms with Gasteiger partial charge in [0.2, 0.25) is 0 Å². The summed E-state index contributed by atoms with van der Waals surface area (Å²) in [5.41, 5.74) is 0. The quantitative estimate of drug-likeness (QED) is 0.533. The van der Waals surface area contributed by atoms with Crippen molar-refractivity contribution in [3.63, 3.8) is 0 Å². The van der Waals surface area contributed by atoms with Crippen LogP contribution < -0.4 is 4.78 Å². The topological polar surface area (TPSA) is 0 Å². The van der Waals surface area contributed by atoms with E-state index in [1.807, 2.05) is 11.3 Å². The second kappa shape index (κ2) is 3.57. The average molecular weight is 362 g/mol. The zero-order valence-corrected chi connectivity index (χ0v) is 10.0. The van der Waals surface area contributed by atoms with E-state index in [1.54, 1.807) is 0 Å². The fraction of sp³-hybridized carbons (Fsp3) is 0.200. The van der Waals surface area contributed by atoms with Crippen LogP contribution in [0.15, 0.2) is 12.1 Å². The van der Waals surface area contributed by atoms with E-state index >= 15 is 0 Å². The van der Waals surface area contributed by atoms with Gasteiger partial charge in [-0.3, -0.25) is 0 Å². The van der Waals surface area contributed by atoms with Crippen molar-refractivity contribution in [2.24, 2.45) is 0 Å². The van der Waals surface area contributed by atoms with Crippen LogP contribution in [-0.2, 0) is 0 Å². The fourth-order valence-corrected chi connectivity index (χ4v) is 2.48. The highest BCUT2D eigenvalue weighted by atomic mass is 127. The lowest BCUT2D eigenvalue weighted by Gasteiger charge is -1.87. The van der Waals surface area contributed by atoms with Crippen LogP contribution in [0.3, 0.4) is 0 Å². The summed E-state index contributed by atoms with van der Waals surface area (Å²) in [7, 11) is 0. The lowest BCUT2D eigenvalue weighted by Crippen LogP contribution is -2.10. The lowest BCUT2D eigenvalue weighted by molar-refractivity contribution is 1.64. The molecule has 1 aromatic heterocycles. The molecule has 4 heteroatoms. The van der Waals surface area contributed by atoms with Crippen molar-refractivity contribution in [2.75, 3.05) is 0 Å². The first-order valence-electron chi connectivity index (χ1n) is 2.54. The number of aryl methyl sites for hydroxylation is 1. The molecular formula is C5H5BI2S. The van der Waals surface area contributed by atoms with Crippen molar-refractivity contribution < 1.29 is 0 Å². The summed E-state index contributed by atoms with van der Waals surface area (Å²) in [4.78, 5) is 1.41. The molecule has 0 aliphatic rings. The van der Waals surface area contributed by atoms with Crippen molar-refractivity contribution in [3.05, 3.63) is 17.0 Å². The summed E-state index contributed by atoms with van der Waals surface area (Å²) in [6.45, 7) is 2.14. The van der Waals surface area contributed by atoms with Gasteiger partial charge in [-0.15, -0.1) is 44.7 Å². The molecule has 0 unspecified atom stereocenters. The molecule has 0 aliphatic carbocycles. The molecule has 0 saturated carbocycles. The normalized spacial score (nSPS) is 9.67. The van der Waals surface area contributed by atoms with E-state index in [0.717, 1.165) is 0 Å². The summed E-state index contributed by atoms with van der Waals surface area (Å²) >= 11 is 6.72. The maximum atomic E-state index is 2.42. The molecule has 9 heavy (non-hydrogen) atoms. The molecule has 0 aliphatic heterocycles. The third-order valence-corrected chi connectivity index (χ3v) is 4.23. The van der Waals surface area contributed by atoms with Gasteiger partial charge >= 0.3 is 2.43 Å². The highest BCUT2D eigenvalue weighted by Crippen LogP contribution is 2.12. The molecule has 0 aromatic carbocycles. The van der Waals surface area contributed by atoms with Crippen molar-refractivity contribution in [3.8, 4) is 0 Å². The Balaban J connectivity index is 2.85. The molecule has 0 atom stereocenters. The summed E-state index contributed by atoms with van der Waals surface area (Å²) in [6, 6.07) is 4.37. The van der Waals surface area contributed by atoms with Crippen molar-refractivity contribution in [1.29, 1.82) is 0 Å². The minimum atomic E-state index is 0.638. The Labute approximate surface area is 86.3 Å². The Kier molecular flexibility index (Phi) is 3.30. The third kappa shape index (κ3) is 2.38. The van der Waals surface area contributed by atoms with E-state index in [1.165, 1.54) is 9.65 Å². The highest BCUT2D eigenvalue weighted by Gasteiger charge is 2.08. The SMILES string of the molecule is Cc1ccc(B(I)I)s1. The minimum Gasteiger partial charge on any atom is -0.154 e. The highest BCUT2D eigenvalue weighted by molar-refractivity contribution is 14.3. The van der Waals surface area contributed by atoms with Gasteiger partial charge in [0.25, 0.3) is 0 Å². The predicted octanol–water partition coefficient (Wildman–Crippen LogP) is 2.62. The molecule has 1 aromatic rings. The summed E-state index contributed by atoms with van der Waals surface area (Å²) in [5.74, 6) is 0. The number of hydrogen-bond acceptors (Lipinski definition) is 1. The van der Waals surface area contributed by atoms with E-state index in [-0.39, 0.29) is 0 Å². The predicted molar refractivity (Wildman–Crippen MR) is 62.5 cm³/mol. The lowest BCUT2D eigenvalue weighted by atomic mass is 10.1. The number of thiophene rings is 1. The maximum absolute atomic E-state index is 2.42. The maximum Gasteiger partial charge on any atom is 0.330 e. The molecular weight excluding hydrogens is 357 g/mol. The van der Waals surface area contributed by atoms with Gasteiger partial charge < -0.3 is 0 Å². The first-order valence-corrected chi connectivity index (χ1v) is 5.85. The second-order valence-electron chi connectivity index (χ2n) is 1.75. The fourth-order valence-electron chi connectivity index (χ4n) is 0.571. The van der Waals surface area contributed by atoms with Gasteiger partial charge in [0, 0.05) is 4.88 Å². The molecule has 0 bridgehead atoms. The van der Waals surface area contributed by atoms with Crippen LogP contribution in [0.1, 0.15) is 4.88 Å². The Bertz CT molecular complexity index is 197. The van der Waals surface area contributed by atoms with E-state index < -0.39 is 0 Å². The van der Waals surface area contributed by atoms with Crippen molar-refractivity contribution in [1.82, 2.24) is 0 Å². The zero-order chi connectivity index (χ0) is 6.85. The molecule has 48 valence electrons. The van der Waals surface area contributed by atoms with E-state index in [9.17, 15) is 0 Å². The van der Waals surface area contributed by atoms with Crippen LogP contribution >= 0.6 is 56.1 Å². The van der Waals surface area contributed by atoms with Gasteiger partial charge in [0.1, 0.15) is 0 Å². The van der Waals surface area contributed by atoms with E-state index in [4.69, 9.17) is 0 Å². The van der Waals surface area contributed by atoms with Gasteiger partial charge in [0.15, 0.2) is 0 Å². The van der Waals surface area contributed by atoms with Gasteiger partial charge in [-0.05, 0) is 17.8 Å². The van der Waals surface area contributed by atoms with Crippen LogP contribution in [0.2, 0.25) is 0 Å². The number of rotatable bonds is 1. The number of halogens is 2. The smallest absolute Gasteiger partial charge is 0.154 e. The molecule has 0 N–H and O–H groups in total. The molecule has 0 saturated heterocycles. The second-order valence-corrected chi connectivity index (χ2v) is 7.94. The Morgan fingerprint density at radius 1 is 1.44 bits per heavy atom. The van der Waals surface area contributed by atoms with Crippen LogP contribution in [0.25, 0.3) is 0 Å². The van der Waals surface area contributed by atoms with Gasteiger partial charge in [-0.25, -0.2) is 0 Å². The molecule has 1 rings (SSSR count). The molecule has 0 radical (unpaired) electrons. The molecule has 1 heterocycles. The van der Waals surface area contributed by atoms with E-state index in [0.29, 0.717) is 2.43 Å². The Morgan fingerprint density at radius 2 is 2.11 bits per heavy atom. The standard InChI is InChI=1S/C5H5BI2S/c1-4-2-3-5(9-4)6(7)8/h2-3H,1H3. The van der Waals surface area contributed by atoms with Gasteiger partial charge in [0.05, 0.1) is 0 Å². The van der Waals surface area contributed by atoms with Crippen LogP contribution in [0.4, 0.5) is 0 Å². The number of hydrogen-bond donors (Lipinski definition) is 0. The molecule has 0 spiro atoms. The summed E-state index contributed by atoms with van der Waals surface area (Å²) in [6.07, 6.45) is 0. The zero-order valence-electron chi connectivity index (χ0n) is 4.90. The monoisotopic (exact) mass is 362 g/mol. The van der Waals surface area contributed by atoms with Gasteiger partial charge in [-0.1, -0.05) is 6.07 Å².